The Hall–Kier alpha value is -4.24. The van der Waals surface area contributed by atoms with Crippen molar-refractivity contribution in [1.82, 2.24) is 9.55 Å². The molecule has 0 fully saturated rings. The molecule has 3 heteroatoms. The van der Waals surface area contributed by atoms with E-state index < -0.39 is 0 Å². The first-order valence-electron chi connectivity index (χ1n) is 10.4. The summed E-state index contributed by atoms with van der Waals surface area (Å²) in [5.41, 5.74) is 6.10. The highest BCUT2D eigenvalue weighted by atomic mass is 15.0. The van der Waals surface area contributed by atoms with E-state index in [9.17, 15) is 0 Å². The van der Waals surface area contributed by atoms with Crippen LogP contribution in [0.25, 0.3) is 38.9 Å². The van der Waals surface area contributed by atoms with Gasteiger partial charge in [-0.2, -0.15) is 0 Å². The molecule has 146 valence electrons. The Kier molecular flexibility index (Phi) is 4.10. The maximum atomic E-state index is 5.08. The molecule has 0 saturated carbocycles. The number of hydrogen-bond donors (Lipinski definition) is 0. The first-order valence-corrected chi connectivity index (χ1v) is 10.4. The molecule has 0 N–H and O–H groups in total. The second kappa shape index (κ2) is 7.22. The highest BCUT2D eigenvalue weighted by molar-refractivity contribution is 6.05. The van der Waals surface area contributed by atoms with Crippen LogP contribution in [-0.4, -0.2) is 9.55 Å². The number of rotatable bonds is 2. The van der Waals surface area contributed by atoms with E-state index in [0.29, 0.717) is 0 Å². The molecule has 4 aromatic carbocycles. The number of fused-ring (bicyclic) bond motifs is 4. The van der Waals surface area contributed by atoms with Crippen molar-refractivity contribution in [2.24, 2.45) is 4.99 Å². The summed E-state index contributed by atoms with van der Waals surface area (Å²) in [4.78, 5) is 9.89. The SMILES string of the molecule is c1ccc(N=c2ccc3nc4c5ccccc5ccc4n(-c4ccccc4)c-3c2)cc1. The Bertz CT molecular complexity index is 1570. The molecule has 1 aliphatic heterocycles. The van der Waals surface area contributed by atoms with Gasteiger partial charge in [0, 0.05) is 11.1 Å². The fourth-order valence-electron chi connectivity index (χ4n) is 4.15. The minimum atomic E-state index is 0.908. The van der Waals surface area contributed by atoms with Crippen molar-refractivity contribution in [3.05, 3.63) is 121 Å². The van der Waals surface area contributed by atoms with Crippen LogP contribution >= 0.6 is 0 Å². The highest BCUT2D eigenvalue weighted by Crippen LogP contribution is 2.32. The molecule has 0 atom stereocenters. The number of hydrogen-bond acceptors (Lipinski definition) is 2. The Labute approximate surface area is 179 Å². The summed E-state index contributed by atoms with van der Waals surface area (Å²) in [7, 11) is 0. The van der Waals surface area contributed by atoms with E-state index in [4.69, 9.17) is 9.98 Å². The minimum absolute atomic E-state index is 0.908. The van der Waals surface area contributed by atoms with E-state index >= 15 is 0 Å². The van der Waals surface area contributed by atoms with E-state index in [-0.39, 0.29) is 0 Å². The van der Waals surface area contributed by atoms with Gasteiger partial charge in [-0.15, -0.1) is 0 Å². The van der Waals surface area contributed by atoms with Crippen molar-refractivity contribution in [2.45, 2.75) is 0 Å². The van der Waals surface area contributed by atoms with Crippen molar-refractivity contribution in [3.8, 4) is 17.1 Å². The second-order valence-corrected chi connectivity index (χ2v) is 7.56. The van der Waals surface area contributed by atoms with Crippen LogP contribution in [0.2, 0.25) is 0 Å². The van der Waals surface area contributed by atoms with Gasteiger partial charge in [0.15, 0.2) is 0 Å². The van der Waals surface area contributed by atoms with Crippen LogP contribution in [0.15, 0.2) is 120 Å². The summed E-state index contributed by atoms with van der Waals surface area (Å²) >= 11 is 0. The van der Waals surface area contributed by atoms with Gasteiger partial charge < -0.3 is 4.57 Å². The number of aromatic nitrogens is 2. The summed E-state index contributed by atoms with van der Waals surface area (Å²) in [6.45, 7) is 0. The molecule has 31 heavy (non-hydrogen) atoms. The van der Waals surface area contributed by atoms with Crippen LogP contribution in [0.5, 0.6) is 0 Å². The van der Waals surface area contributed by atoms with Crippen LogP contribution in [0.3, 0.4) is 0 Å². The lowest BCUT2D eigenvalue weighted by Gasteiger charge is -2.19. The van der Waals surface area contributed by atoms with Gasteiger partial charge in [-0.05, 0) is 53.9 Å². The average Bonchev–Trinajstić information content (AvgIpc) is 2.84. The van der Waals surface area contributed by atoms with Crippen LogP contribution in [0.4, 0.5) is 5.69 Å². The average molecular weight is 397 g/mol. The third kappa shape index (κ3) is 3.08. The fraction of sp³-hybridized carbons (Fsp3) is 0. The van der Waals surface area contributed by atoms with Crippen LogP contribution < -0.4 is 5.36 Å². The molecule has 3 nitrogen and oxygen atoms in total. The molecule has 0 bridgehead atoms. The first-order chi connectivity index (χ1) is 15.4. The van der Waals surface area contributed by atoms with Crippen LogP contribution in [0, 0.1) is 0 Å². The monoisotopic (exact) mass is 397 g/mol. The topological polar surface area (TPSA) is 30.2 Å². The van der Waals surface area contributed by atoms with Crippen LogP contribution in [-0.2, 0) is 0 Å². The molecule has 1 heterocycles. The zero-order valence-corrected chi connectivity index (χ0v) is 16.8. The molecule has 6 rings (SSSR count). The van der Waals surface area contributed by atoms with Crippen molar-refractivity contribution in [1.29, 1.82) is 0 Å². The number of nitrogens with zero attached hydrogens (tertiary/aromatic N) is 3. The maximum Gasteiger partial charge on any atom is 0.0956 e. The van der Waals surface area contributed by atoms with E-state index in [1.165, 1.54) is 5.39 Å². The van der Waals surface area contributed by atoms with E-state index in [1.807, 2.05) is 42.5 Å². The summed E-state index contributed by atoms with van der Waals surface area (Å²) in [6, 6.07) is 39.5. The predicted molar refractivity (Wildman–Crippen MR) is 127 cm³/mol. The summed E-state index contributed by atoms with van der Waals surface area (Å²) in [5, 5.41) is 3.26. The van der Waals surface area contributed by atoms with Gasteiger partial charge in [-0.1, -0.05) is 66.7 Å². The van der Waals surface area contributed by atoms with Gasteiger partial charge in [0.25, 0.3) is 0 Å². The van der Waals surface area contributed by atoms with Gasteiger partial charge in [-0.25, -0.2) is 9.98 Å². The zero-order valence-electron chi connectivity index (χ0n) is 16.8. The van der Waals surface area contributed by atoms with E-state index in [2.05, 4.69) is 77.4 Å². The summed E-state index contributed by atoms with van der Waals surface area (Å²) < 4.78 is 2.29. The van der Waals surface area contributed by atoms with Crippen molar-refractivity contribution in [3.63, 3.8) is 0 Å². The molecule has 4 aromatic rings. The number of benzene rings is 5. The molecule has 0 radical (unpaired) electrons. The molecule has 0 unspecified atom stereocenters. The van der Waals surface area contributed by atoms with Gasteiger partial charge in [0.1, 0.15) is 0 Å². The molecule has 2 aliphatic rings. The van der Waals surface area contributed by atoms with Gasteiger partial charge >= 0.3 is 0 Å². The normalized spacial score (nSPS) is 12.1. The van der Waals surface area contributed by atoms with Crippen molar-refractivity contribution in [2.75, 3.05) is 0 Å². The second-order valence-electron chi connectivity index (χ2n) is 7.56. The van der Waals surface area contributed by atoms with Crippen molar-refractivity contribution >= 4 is 27.5 Å². The smallest absolute Gasteiger partial charge is 0.0956 e. The summed E-state index contributed by atoms with van der Waals surface area (Å²) in [6.07, 6.45) is 0. The lowest BCUT2D eigenvalue weighted by Crippen LogP contribution is -2.10. The van der Waals surface area contributed by atoms with E-state index in [1.54, 1.807) is 0 Å². The van der Waals surface area contributed by atoms with Gasteiger partial charge in [0.05, 0.1) is 33.5 Å². The van der Waals surface area contributed by atoms with E-state index in [0.717, 1.165) is 44.5 Å². The van der Waals surface area contributed by atoms with Gasteiger partial charge in [0.2, 0.25) is 0 Å². The molecule has 0 spiro atoms. The molecule has 0 aromatic heterocycles. The molecule has 1 aliphatic carbocycles. The maximum absolute atomic E-state index is 5.08. The Balaban J connectivity index is 1.74. The Morgan fingerprint density at radius 1 is 0.645 bits per heavy atom. The molecule has 0 saturated heterocycles. The zero-order chi connectivity index (χ0) is 20.6. The highest BCUT2D eigenvalue weighted by Gasteiger charge is 2.15. The quantitative estimate of drug-likeness (QED) is 0.242. The lowest BCUT2D eigenvalue weighted by atomic mass is 10.1. The third-order valence-electron chi connectivity index (χ3n) is 5.58. The number of para-hydroxylation sites is 2. The largest absolute Gasteiger partial charge is 0.306 e. The fourth-order valence-corrected chi connectivity index (χ4v) is 4.15. The molecule has 0 amide bonds. The standard InChI is InChI=1S/C28H19N3/c1-3-10-21(11-4-1)29-22-16-17-25-27(19-22)31(23-12-5-2-6-13-23)26-18-15-20-9-7-8-14-24(20)28(26)30-25/h1-19H. The third-order valence-corrected chi connectivity index (χ3v) is 5.58. The lowest BCUT2D eigenvalue weighted by molar-refractivity contribution is 1.08. The molecular weight excluding hydrogens is 378 g/mol. The Morgan fingerprint density at radius 3 is 2.23 bits per heavy atom. The van der Waals surface area contributed by atoms with Gasteiger partial charge in [-0.3, -0.25) is 0 Å². The first kappa shape index (κ1) is 17.6. The van der Waals surface area contributed by atoms with Crippen LogP contribution in [0.1, 0.15) is 0 Å². The summed E-state index contributed by atoms with van der Waals surface area (Å²) in [5.74, 6) is 0. The predicted octanol–water partition coefficient (Wildman–Crippen LogP) is 6.52. The van der Waals surface area contributed by atoms with Crippen molar-refractivity contribution < 1.29 is 0 Å². The Morgan fingerprint density at radius 2 is 1.39 bits per heavy atom. The molecular formula is C28H19N3. The minimum Gasteiger partial charge on any atom is -0.306 e.